The SMILES string of the molecule is CCCNC(CCC(C)OC)c1cc2cc(F)ccc2o1. The zero-order chi connectivity index (χ0) is 15.2. The van der Waals surface area contributed by atoms with Gasteiger partial charge in [-0.2, -0.15) is 0 Å². The molecule has 1 N–H and O–H groups in total. The van der Waals surface area contributed by atoms with E-state index in [1.54, 1.807) is 13.2 Å². The van der Waals surface area contributed by atoms with Gasteiger partial charge in [-0.1, -0.05) is 6.92 Å². The zero-order valence-corrected chi connectivity index (χ0v) is 13.0. The second kappa shape index (κ2) is 7.57. The Labute approximate surface area is 125 Å². The molecule has 0 radical (unpaired) electrons. The molecule has 0 saturated heterocycles. The van der Waals surface area contributed by atoms with E-state index in [9.17, 15) is 4.39 Å². The van der Waals surface area contributed by atoms with E-state index in [1.165, 1.54) is 12.1 Å². The van der Waals surface area contributed by atoms with Crippen LogP contribution in [0.25, 0.3) is 11.0 Å². The van der Waals surface area contributed by atoms with Crippen molar-refractivity contribution in [2.45, 2.75) is 45.3 Å². The molecular weight excluding hydrogens is 269 g/mol. The second-order valence-electron chi connectivity index (χ2n) is 5.46. The molecule has 0 aliphatic heterocycles. The molecule has 2 rings (SSSR count). The average Bonchev–Trinajstić information content (AvgIpc) is 2.89. The van der Waals surface area contributed by atoms with Gasteiger partial charge in [-0.05, 0) is 57.0 Å². The highest BCUT2D eigenvalue weighted by Crippen LogP contribution is 2.27. The topological polar surface area (TPSA) is 34.4 Å². The lowest BCUT2D eigenvalue weighted by atomic mass is 10.1. The number of benzene rings is 1. The van der Waals surface area contributed by atoms with Crippen LogP contribution in [0.4, 0.5) is 4.39 Å². The fourth-order valence-electron chi connectivity index (χ4n) is 2.39. The number of fused-ring (bicyclic) bond motifs is 1. The van der Waals surface area contributed by atoms with Crippen molar-refractivity contribution in [2.24, 2.45) is 0 Å². The van der Waals surface area contributed by atoms with Gasteiger partial charge in [-0.15, -0.1) is 0 Å². The van der Waals surface area contributed by atoms with Crippen molar-refractivity contribution >= 4 is 11.0 Å². The summed E-state index contributed by atoms with van der Waals surface area (Å²) in [5.74, 6) is 0.633. The van der Waals surface area contributed by atoms with Crippen molar-refractivity contribution in [3.05, 3.63) is 35.8 Å². The Morgan fingerprint density at radius 1 is 1.29 bits per heavy atom. The Kier molecular flexibility index (Phi) is 5.76. The van der Waals surface area contributed by atoms with Crippen LogP contribution >= 0.6 is 0 Å². The van der Waals surface area contributed by atoms with Gasteiger partial charge < -0.3 is 14.5 Å². The average molecular weight is 293 g/mol. The van der Waals surface area contributed by atoms with Crippen LogP contribution in [0, 0.1) is 5.82 Å². The lowest BCUT2D eigenvalue weighted by Gasteiger charge is -2.18. The summed E-state index contributed by atoms with van der Waals surface area (Å²) in [6.07, 6.45) is 3.16. The number of nitrogens with one attached hydrogen (secondary N) is 1. The van der Waals surface area contributed by atoms with Crippen molar-refractivity contribution in [3.8, 4) is 0 Å². The van der Waals surface area contributed by atoms with Crippen molar-refractivity contribution in [1.82, 2.24) is 5.32 Å². The molecule has 3 nitrogen and oxygen atoms in total. The molecule has 0 saturated carbocycles. The van der Waals surface area contributed by atoms with Crippen LogP contribution in [-0.4, -0.2) is 19.8 Å². The molecule has 0 amide bonds. The van der Waals surface area contributed by atoms with Gasteiger partial charge in [0.2, 0.25) is 0 Å². The van der Waals surface area contributed by atoms with Gasteiger partial charge in [-0.25, -0.2) is 4.39 Å². The Morgan fingerprint density at radius 3 is 2.81 bits per heavy atom. The van der Waals surface area contributed by atoms with Gasteiger partial charge in [0.05, 0.1) is 12.1 Å². The molecule has 21 heavy (non-hydrogen) atoms. The van der Waals surface area contributed by atoms with Crippen LogP contribution in [0.5, 0.6) is 0 Å². The van der Waals surface area contributed by atoms with Crippen molar-refractivity contribution < 1.29 is 13.5 Å². The summed E-state index contributed by atoms with van der Waals surface area (Å²) in [5, 5.41) is 4.31. The summed E-state index contributed by atoms with van der Waals surface area (Å²) in [6.45, 7) is 5.12. The fraction of sp³-hybridized carbons (Fsp3) is 0.529. The van der Waals surface area contributed by atoms with E-state index in [0.717, 1.165) is 42.5 Å². The molecule has 0 bridgehead atoms. The number of hydrogen-bond donors (Lipinski definition) is 1. The number of methoxy groups -OCH3 is 1. The lowest BCUT2D eigenvalue weighted by Crippen LogP contribution is -2.23. The first-order valence-corrected chi connectivity index (χ1v) is 7.59. The largest absolute Gasteiger partial charge is 0.459 e. The molecule has 1 aromatic heterocycles. The van der Waals surface area contributed by atoms with Crippen LogP contribution in [0.2, 0.25) is 0 Å². The van der Waals surface area contributed by atoms with E-state index in [-0.39, 0.29) is 18.0 Å². The van der Waals surface area contributed by atoms with E-state index in [1.807, 2.05) is 6.07 Å². The quantitative estimate of drug-likeness (QED) is 0.782. The van der Waals surface area contributed by atoms with E-state index >= 15 is 0 Å². The number of halogens is 1. The highest BCUT2D eigenvalue weighted by atomic mass is 19.1. The van der Waals surface area contributed by atoms with Crippen molar-refractivity contribution in [3.63, 3.8) is 0 Å². The summed E-state index contributed by atoms with van der Waals surface area (Å²) in [6, 6.07) is 6.69. The lowest BCUT2D eigenvalue weighted by molar-refractivity contribution is 0.105. The molecule has 116 valence electrons. The molecular formula is C17H24FNO2. The second-order valence-corrected chi connectivity index (χ2v) is 5.46. The van der Waals surface area contributed by atoms with Crippen molar-refractivity contribution in [1.29, 1.82) is 0 Å². The molecule has 4 heteroatoms. The molecule has 2 unspecified atom stereocenters. The molecule has 0 fully saturated rings. The molecule has 0 aliphatic rings. The maximum Gasteiger partial charge on any atom is 0.134 e. The Morgan fingerprint density at radius 2 is 2.10 bits per heavy atom. The van der Waals surface area contributed by atoms with Gasteiger partial charge in [0.1, 0.15) is 17.2 Å². The van der Waals surface area contributed by atoms with E-state index in [0.29, 0.717) is 0 Å². The third kappa shape index (κ3) is 4.29. The standard InChI is InChI=1S/C17H24FNO2/c1-4-9-19-15(7-5-12(2)20-3)17-11-13-10-14(18)6-8-16(13)21-17/h6,8,10-12,15,19H,4-5,7,9H2,1-3H3. The molecule has 0 spiro atoms. The normalized spacial score (nSPS) is 14.5. The molecule has 1 heterocycles. The van der Waals surface area contributed by atoms with Crippen LogP contribution in [0.3, 0.4) is 0 Å². The van der Waals surface area contributed by atoms with Crippen LogP contribution < -0.4 is 5.32 Å². The molecule has 2 aromatic rings. The van der Waals surface area contributed by atoms with Crippen molar-refractivity contribution in [2.75, 3.05) is 13.7 Å². The summed E-state index contributed by atoms with van der Waals surface area (Å²) in [5.41, 5.74) is 0.731. The first kappa shape index (κ1) is 16.0. The Hall–Kier alpha value is -1.39. The Bertz CT molecular complexity index is 567. The summed E-state index contributed by atoms with van der Waals surface area (Å²) in [7, 11) is 1.73. The summed E-state index contributed by atoms with van der Waals surface area (Å²) < 4.78 is 24.5. The minimum absolute atomic E-state index is 0.137. The molecule has 2 atom stereocenters. The highest BCUT2D eigenvalue weighted by molar-refractivity contribution is 5.78. The minimum atomic E-state index is -0.235. The summed E-state index contributed by atoms with van der Waals surface area (Å²) in [4.78, 5) is 0. The van der Waals surface area contributed by atoms with Crippen LogP contribution in [0.1, 0.15) is 44.9 Å². The molecule has 1 aromatic carbocycles. The Balaban J connectivity index is 2.16. The molecule has 0 aliphatic carbocycles. The van der Waals surface area contributed by atoms with E-state index in [2.05, 4.69) is 19.2 Å². The predicted molar refractivity (Wildman–Crippen MR) is 82.9 cm³/mol. The van der Waals surface area contributed by atoms with Gasteiger partial charge in [0, 0.05) is 12.5 Å². The maximum absolute atomic E-state index is 13.3. The number of rotatable bonds is 8. The number of ether oxygens (including phenoxy) is 1. The maximum atomic E-state index is 13.3. The zero-order valence-electron chi connectivity index (χ0n) is 13.0. The van der Waals surface area contributed by atoms with Gasteiger partial charge in [0.25, 0.3) is 0 Å². The smallest absolute Gasteiger partial charge is 0.134 e. The first-order valence-electron chi connectivity index (χ1n) is 7.59. The van der Waals surface area contributed by atoms with E-state index in [4.69, 9.17) is 9.15 Å². The van der Waals surface area contributed by atoms with E-state index < -0.39 is 0 Å². The number of hydrogen-bond acceptors (Lipinski definition) is 3. The van der Waals surface area contributed by atoms with Gasteiger partial charge in [-0.3, -0.25) is 0 Å². The van der Waals surface area contributed by atoms with Crippen LogP contribution in [0.15, 0.2) is 28.7 Å². The number of furan rings is 1. The highest BCUT2D eigenvalue weighted by Gasteiger charge is 2.17. The van der Waals surface area contributed by atoms with Gasteiger partial charge in [0.15, 0.2) is 0 Å². The predicted octanol–water partition coefficient (Wildman–Crippen LogP) is 4.43. The monoisotopic (exact) mass is 293 g/mol. The third-order valence-corrected chi connectivity index (χ3v) is 3.75. The van der Waals surface area contributed by atoms with Gasteiger partial charge >= 0.3 is 0 Å². The first-order chi connectivity index (χ1) is 10.1. The fourth-order valence-corrected chi connectivity index (χ4v) is 2.39. The third-order valence-electron chi connectivity index (χ3n) is 3.75. The van der Waals surface area contributed by atoms with Crippen LogP contribution in [-0.2, 0) is 4.74 Å². The minimum Gasteiger partial charge on any atom is -0.459 e. The summed E-state index contributed by atoms with van der Waals surface area (Å²) >= 11 is 0.